The molecular formula is C13H22N4O2. The third-order valence-electron chi connectivity index (χ3n) is 2.75. The Balaban J connectivity index is 2.66. The third kappa shape index (κ3) is 5.67. The molecule has 6 nitrogen and oxygen atoms in total. The van der Waals surface area contributed by atoms with Crippen LogP contribution >= 0.6 is 0 Å². The molecule has 0 atom stereocenters. The van der Waals surface area contributed by atoms with E-state index in [9.17, 15) is 0 Å². The Morgan fingerprint density at radius 2 is 2.21 bits per heavy atom. The number of nitrogens with one attached hydrogen (secondary N) is 1. The van der Waals surface area contributed by atoms with Crippen LogP contribution in [0.3, 0.4) is 0 Å². The molecule has 1 aromatic heterocycles. The Morgan fingerprint density at radius 3 is 2.84 bits per heavy atom. The molecular weight excluding hydrogens is 244 g/mol. The van der Waals surface area contributed by atoms with Gasteiger partial charge in [0.05, 0.1) is 19.6 Å². The first kappa shape index (κ1) is 15.4. The number of hydrogen-bond donors (Lipinski definition) is 2. The number of aromatic nitrogens is 1. The standard InChI is InChI=1S/C13H22N4O2/c1-18-9-8-17(7-5-12(14)15)10-11-4-3-6-16-13(11)19-2/h3-4,6H,5,7-10H2,1-2H3,(H3,14,15). The molecule has 0 saturated carbocycles. The molecule has 3 N–H and O–H groups in total. The molecule has 0 amide bonds. The van der Waals surface area contributed by atoms with Crippen LogP contribution in [0.2, 0.25) is 0 Å². The lowest BCUT2D eigenvalue weighted by Gasteiger charge is -2.22. The molecule has 6 heteroatoms. The number of amidine groups is 1. The molecule has 1 heterocycles. The van der Waals surface area contributed by atoms with E-state index in [1.54, 1.807) is 20.4 Å². The lowest BCUT2D eigenvalue weighted by atomic mass is 10.2. The Morgan fingerprint density at radius 1 is 1.42 bits per heavy atom. The molecule has 0 saturated heterocycles. The van der Waals surface area contributed by atoms with E-state index in [2.05, 4.69) is 9.88 Å². The zero-order valence-corrected chi connectivity index (χ0v) is 11.6. The zero-order valence-electron chi connectivity index (χ0n) is 11.6. The average molecular weight is 266 g/mol. The van der Waals surface area contributed by atoms with Crippen molar-refractivity contribution in [3.8, 4) is 5.88 Å². The summed E-state index contributed by atoms with van der Waals surface area (Å²) in [7, 11) is 3.29. The molecule has 0 aromatic carbocycles. The van der Waals surface area contributed by atoms with Crippen LogP contribution < -0.4 is 10.5 Å². The van der Waals surface area contributed by atoms with Gasteiger partial charge in [-0.15, -0.1) is 0 Å². The van der Waals surface area contributed by atoms with Crippen molar-refractivity contribution in [2.24, 2.45) is 5.73 Å². The van der Waals surface area contributed by atoms with E-state index in [-0.39, 0.29) is 5.84 Å². The monoisotopic (exact) mass is 266 g/mol. The van der Waals surface area contributed by atoms with E-state index < -0.39 is 0 Å². The van der Waals surface area contributed by atoms with Crippen molar-refractivity contribution in [1.82, 2.24) is 9.88 Å². The van der Waals surface area contributed by atoms with Gasteiger partial charge in [-0.05, 0) is 6.07 Å². The normalized spacial score (nSPS) is 10.7. The highest BCUT2D eigenvalue weighted by Gasteiger charge is 2.10. The van der Waals surface area contributed by atoms with Gasteiger partial charge in [0.15, 0.2) is 0 Å². The minimum Gasteiger partial charge on any atom is -0.481 e. The van der Waals surface area contributed by atoms with Crippen LogP contribution in [0.1, 0.15) is 12.0 Å². The smallest absolute Gasteiger partial charge is 0.217 e. The number of pyridine rings is 1. The number of nitrogens with zero attached hydrogens (tertiary/aromatic N) is 2. The van der Waals surface area contributed by atoms with Crippen LogP contribution in [-0.2, 0) is 11.3 Å². The maximum atomic E-state index is 7.31. The SMILES string of the molecule is COCCN(CCC(=N)N)Cc1cccnc1OC. The molecule has 0 radical (unpaired) electrons. The molecule has 0 aliphatic heterocycles. The lowest BCUT2D eigenvalue weighted by molar-refractivity contribution is 0.145. The summed E-state index contributed by atoms with van der Waals surface area (Å²) in [4.78, 5) is 6.35. The van der Waals surface area contributed by atoms with E-state index in [1.807, 2.05) is 12.1 Å². The molecule has 0 aliphatic rings. The predicted molar refractivity (Wildman–Crippen MR) is 74.5 cm³/mol. The number of methoxy groups -OCH3 is 2. The first-order valence-corrected chi connectivity index (χ1v) is 6.19. The van der Waals surface area contributed by atoms with Crippen molar-refractivity contribution in [1.29, 1.82) is 5.41 Å². The summed E-state index contributed by atoms with van der Waals surface area (Å²) in [6.07, 6.45) is 2.25. The van der Waals surface area contributed by atoms with Crippen molar-refractivity contribution in [3.63, 3.8) is 0 Å². The summed E-state index contributed by atoms with van der Waals surface area (Å²) in [5.41, 5.74) is 6.43. The number of nitrogens with two attached hydrogens (primary N) is 1. The van der Waals surface area contributed by atoms with Crippen LogP contribution in [0.25, 0.3) is 0 Å². The van der Waals surface area contributed by atoms with E-state index in [1.165, 1.54) is 0 Å². The highest BCUT2D eigenvalue weighted by Crippen LogP contribution is 2.16. The van der Waals surface area contributed by atoms with Crippen LogP contribution in [-0.4, -0.2) is 49.6 Å². The van der Waals surface area contributed by atoms with Crippen LogP contribution in [0.15, 0.2) is 18.3 Å². The summed E-state index contributed by atoms with van der Waals surface area (Å²) >= 11 is 0. The van der Waals surface area contributed by atoms with E-state index >= 15 is 0 Å². The predicted octanol–water partition coefficient (Wildman–Crippen LogP) is 0.865. The van der Waals surface area contributed by atoms with Gasteiger partial charge in [0, 0.05) is 44.9 Å². The van der Waals surface area contributed by atoms with Crippen molar-refractivity contribution in [3.05, 3.63) is 23.9 Å². The maximum absolute atomic E-state index is 7.31. The molecule has 0 spiro atoms. The van der Waals surface area contributed by atoms with Gasteiger partial charge in [-0.2, -0.15) is 0 Å². The third-order valence-corrected chi connectivity index (χ3v) is 2.75. The summed E-state index contributed by atoms with van der Waals surface area (Å²) in [5, 5.41) is 7.31. The van der Waals surface area contributed by atoms with Gasteiger partial charge in [-0.25, -0.2) is 4.98 Å². The molecule has 0 unspecified atom stereocenters. The second kappa shape index (κ2) is 8.44. The van der Waals surface area contributed by atoms with Gasteiger partial charge in [0.2, 0.25) is 5.88 Å². The molecule has 0 fully saturated rings. The number of rotatable bonds is 9. The maximum Gasteiger partial charge on any atom is 0.217 e. The van der Waals surface area contributed by atoms with E-state index in [0.717, 1.165) is 18.7 Å². The van der Waals surface area contributed by atoms with Crippen LogP contribution in [0.5, 0.6) is 5.88 Å². The largest absolute Gasteiger partial charge is 0.481 e. The fourth-order valence-electron chi connectivity index (χ4n) is 1.74. The highest BCUT2D eigenvalue weighted by molar-refractivity contribution is 5.76. The molecule has 0 aliphatic carbocycles. The van der Waals surface area contributed by atoms with Crippen molar-refractivity contribution in [2.45, 2.75) is 13.0 Å². The minimum atomic E-state index is 0.195. The summed E-state index contributed by atoms with van der Waals surface area (Å²) < 4.78 is 10.3. The quantitative estimate of drug-likeness (QED) is 0.511. The topological polar surface area (TPSA) is 84.5 Å². The second-order valence-corrected chi connectivity index (χ2v) is 4.22. The van der Waals surface area contributed by atoms with Gasteiger partial charge in [0.1, 0.15) is 0 Å². The summed E-state index contributed by atoms with van der Waals surface area (Å²) in [6.45, 7) is 2.84. The van der Waals surface area contributed by atoms with Crippen LogP contribution in [0, 0.1) is 5.41 Å². The van der Waals surface area contributed by atoms with Gasteiger partial charge in [-0.3, -0.25) is 10.3 Å². The average Bonchev–Trinajstić information content (AvgIpc) is 2.42. The summed E-state index contributed by atoms with van der Waals surface area (Å²) in [5.74, 6) is 0.827. The second-order valence-electron chi connectivity index (χ2n) is 4.22. The first-order valence-electron chi connectivity index (χ1n) is 6.19. The van der Waals surface area contributed by atoms with Gasteiger partial charge in [-0.1, -0.05) is 6.07 Å². The fraction of sp³-hybridized carbons (Fsp3) is 0.538. The Hall–Kier alpha value is -1.66. The lowest BCUT2D eigenvalue weighted by Crippen LogP contribution is -2.30. The fourth-order valence-corrected chi connectivity index (χ4v) is 1.74. The molecule has 0 bridgehead atoms. The van der Waals surface area contributed by atoms with Gasteiger partial charge < -0.3 is 15.2 Å². The van der Waals surface area contributed by atoms with Gasteiger partial charge in [0.25, 0.3) is 0 Å². The number of ether oxygens (including phenoxy) is 2. The molecule has 19 heavy (non-hydrogen) atoms. The van der Waals surface area contributed by atoms with E-state index in [0.29, 0.717) is 25.5 Å². The molecule has 1 rings (SSSR count). The number of hydrogen-bond acceptors (Lipinski definition) is 5. The zero-order chi connectivity index (χ0) is 14.1. The van der Waals surface area contributed by atoms with Gasteiger partial charge >= 0.3 is 0 Å². The Kier molecular flexibility index (Phi) is 6.84. The van der Waals surface area contributed by atoms with Crippen molar-refractivity contribution >= 4 is 5.84 Å². The Bertz CT molecular complexity index is 398. The highest BCUT2D eigenvalue weighted by atomic mass is 16.5. The Labute approximate surface area is 114 Å². The molecule has 106 valence electrons. The minimum absolute atomic E-state index is 0.195. The van der Waals surface area contributed by atoms with Crippen molar-refractivity contribution < 1.29 is 9.47 Å². The van der Waals surface area contributed by atoms with E-state index in [4.69, 9.17) is 20.6 Å². The molecule has 1 aromatic rings. The first-order chi connectivity index (χ1) is 9.17. The summed E-state index contributed by atoms with van der Waals surface area (Å²) in [6, 6.07) is 3.87. The van der Waals surface area contributed by atoms with Crippen molar-refractivity contribution in [2.75, 3.05) is 33.9 Å². The van der Waals surface area contributed by atoms with Crippen LogP contribution in [0.4, 0.5) is 0 Å².